The molecule has 1 aromatic rings. The normalized spacial score (nSPS) is 12.8. The molecule has 0 bridgehead atoms. The van der Waals surface area contributed by atoms with E-state index in [2.05, 4.69) is 19.2 Å². The number of hydrogen-bond acceptors (Lipinski definition) is 3. The maximum absolute atomic E-state index is 13.4. The number of aryl methyl sites for hydroxylation is 1. The fourth-order valence-corrected chi connectivity index (χ4v) is 1.50. The maximum Gasteiger partial charge on any atom is 0.165 e. The third-order valence-corrected chi connectivity index (χ3v) is 2.45. The Hall–Kier alpha value is -1.13. The van der Waals surface area contributed by atoms with Crippen LogP contribution in [-0.2, 0) is 0 Å². The van der Waals surface area contributed by atoms with Gasteiger partial charge in [0, 0.05) is 6.54 Å². The minimum atomic E-state index is -0.635. The molecule has 1 atom stereocenters. The standard InChI is InChI=1S/C14H22FNO2/c1-10(2)7-16-8-12(17)9-18-14-6-11(3)4-5-13(14)15/h4-6,10,12,16-17H,7-9H2,1-3H3. The Morgan fingerprint density at radius 1 is 1.33 bits per heavy atom. The summed E-state index contributed by atoms with van der Waals surface area (Å²) in [7, 11) is 0. The van der Waals surface area contributed by atoms with Crippen molar-refractivity contribution in [1.29, 1.82) is 0 Å². The molecule has 0 fully saturated rings. The van der Waals surface area contributed by atoms with Gasteiger partial charge in [0.05, 0.1) is 0 Å². The second-order valence-electron chi connectivity index (χ2n) is 4.95. The van der Waals surface area contributed by atoms with Crippen molar-refractivity contribution in [3.05, 3.63) is 29.6 Å². The van der Waals surface area contributed by atoms with E-state index in [-0.39, 0.29) is 12.4 Å². The molecule has 1 aromatic carbocycles. The molecular formula is C14H22FNO2. The number of ether oxygens (including phenoxy) is 1. The minimum absolute atomic E-state index is 0.0888. The Balaban J connectivity index is 2.33. The van der Waals surface area contributed by atoms with Gasteiger partial charge in [-0.3, -0.25) is 0 Å². The van der Waals surface area contributed by atoms with Crippen molar-refractivity contribution in [2.75, 3.05) is 19.7 Å². The summed E-state index contributed by atoms with van der Waals surface area (Å²) in [5.74, 6) is 0.327. The van der Waals surface area contributed by atoms with E-state index < -0.39 is 11.9 Å². The lowest BCUT2D eigenvalue weighted by Crippen LogP contribution is -2.33. The molecule has 0 spiro atoms. The van der Waals surface area contributed by atoms with Gasteiger partial charge >= 0.3 is 0 Å². The lowest BCUT2D eigenvalue weighted by atomic mass is 10.2. The lowest BCUT2D eigenvalue weighted by molar-refractivity contribution is 0.103. The molecule has 1 rings (SSSR count). The Morgan fingerprint density at radius 3 is 2.72 bits per heavy atom. The Morgan fingerprint density at radius 2 is 2.06 bits per heavy atom. The first-order chi connectivity index (χ1) is 8.49. The summed E-state index contributed by atoms with van der Waals surface area (Å²) in [6.45, 7) is 7.44. The number of hydrogen-bond donors (Lipinski definition) is 2. The number of halogens is 1. The zero-order chi connectivity index (χ0) is 13.5. The van der Waals surface area contributed by atoms with Crippen molar-refractivity contribution in [2.45, 2.75) is 26.9 Å². The quantitative estimate of drug-likeness (QED) is 0.784. The van der Waals surface area contributed by atoms with E-state index in [9.17, 15) is 9.50 Å². The van der Waals surface area contributed by atoms with Gasteiger partial charge in [-0.2, -0.15) is 0 Å². The van der Waals surface area contributed by atoms with Crippen molar-refractivity contribution in [2.24, 2.45) is 5.92 Å². The summed E-state index contributed by atoms with van der Waals surface area (Å²) in [5, 5.41) is 12.8. The number of nitrogens with one attached hydrogen (secondary N) is 1. The van der Waals surface area contributed by atoms with Gasteiger partial charge in [0.15, 0.2) is 11.6 Å². The average Bonchev–Trinajstić information content (AvgIpc) is 2.30. The van der Waals surface area contributed by atoms with Gasteiger partial charge in [0.2, 0.25) is 0 Å². The smallest absolute Gasteiger partial charge is 0.165 e. The second-order valence-corrected chi connectivity index (χ2v) is 4.95. The van der Waals surface area contributed by atoms with Crippen molar-refractivity contribution >= 4 is 0 Å². The molecule has 0 heterocycles. The monoisotopic (exact) mass is 255 g/mol. The van der Waals surface area contributed by atoms with Crippen molar-refractivity contribution in [3.8, 4) is 5.75 Å². The van der Waals surface area contributed by atoms with E-state index in [0.717, 1.165) is 12.1 Å². The first kappa shape index (κ1) is 14.9. The molecule has 0 radical (unpaired) electrons. The molecule has 102 valence electrons. The van der Waals surface area contributed by atoms with Gasteiger partial charge in [-0.25, -0.2) is 4.39 Å². The SMILES string of the molecule is Cc1ccc(F)c(OCC(O)CNCC(C)C)c1. The van der Waals surface area contributed by atoms with Gasteiger partial charge in [-0.05, 0) is 37.1 Å². The molecule has 0 saturated heterocycles. The molecule has 0 amide bonds. The van der Waals surface area contributed by atoms with Crippen molar-refractivity contribution in [1.82, 2.24) is 5.32 Å². The number of aliphatic hydroxyl groups is 1. The van der Waals surface area contributed by atoms with Gasteiger partial charge in [-0.1, -0.05) is 19.9 Å². The van der Waals surface area contributed by atoms with Gasteiger partial charge in [0.25, 0.3) is 0 Å². The van der Waals surface area contributed by atoms with Crippen LogP contribution in [0.5, 0.6) is 5.75 Å². The first-order valence-corrected chi connectivity index (χ1v) is 6.26. The molecule has 0 aromatic heterocycles. The summed E-state index contributed by atoms with van der Waals surface area (Å²) < 4.78 is 18.6. The molecule has 18 heavy (non-hydrogen) atoms. The van der Waals surface area contributed by atoms with Gasteiger partial charge < -0.3 is 15.2 Å². The Labute approximate surface area is 108 Å². The summed E-state index contributed by atoms with van der Waals surface area (Å²) in [5.41, 5.74) is 0.929. The fraction of sp³-hybridized carbons (Fsp3) is 0.571. The zero-order valence-electron chi connectivity index (χ0n) is 11.2. The van der Waals surface area contributed by atoms with Gasteiger partial charge in [-0.15, -0.1) is 0 Å². The molecule has 3 nitrogen and oxygen atoms in total. The highest BCUT2D eigenvalue weighted by molar-refractivity contribution is 5.29. The molecule has 0 aliphatic carbocycles. The minimum Gasteiger partial charge on any atom is -0.488 e. The van der Waals surface area contributed by atoms with Crippen LogP contribution in [0.2, 0.25) is 0 Å². The molecule has 1 unspecified atom stereocenters. The number of benzene rings is 1. The highest BCUT2D eigenvalue weighted by Crippen LogP contribution is 2.18. The number of aliphatic hydroxyl groups excluding tert-OH is 1. The lowest BCUT2D eigenvalue weighted by Gasteiger charge is -2.14. The molecule has 4 heteroatoms. The third kappa shape index (κ3) is 5.47. The van der Waals surface area contributed by atoms with E-state index >= 15 is 0 Å². The van der Waals surface area contributed by atoms with Crippen molar-refractivity contribution < 1.29 is 14.2 Å². The molecule has 2 N–H and O–H groups in total. The maximum atomic E-state index is 13.4. The molecule has 0 aliphatic rings. The van der Waals surface area contributed by atoms with E-state index in [0.29, 0.717) is 12.5 Å². The largest absolute Gasteiger partial charge is 0.488 e. The van der Waals surface area contributed by atoms with Crippen LogP contribution in [0.1, 0.15) is 19.4 Å². The molecule has 0 aliphatic heterocycles. The predicted molar refractivity (Wildman–Crippen MR) is 70.3 cm³/mol. The van der Waals surface area contributed by atoms with Crippen molar-refractivity contribution in [3.63, 3.8) is 0 Å². The Bertz CT molecular complexity index is 369. The summed E-state index contributed by atoms with van der Waals surface area (Å²) in [4.78, 5) is 0. The Kier molecular flexibility index (Phi) is 6.09. The topological polar surface area (TPSA) is 41.5 Å². The van der Waals surface area contributed by atoms with Crippen LogP contribution in [-0.4, -0.2) is 30.9 Å². The van der Waals surface area contributed by atoms with Crippen LogP contribution in [0.25, 0.3) is 0 Å². The average molecular weight is 255 g/mol. The van der Waals surface area contributed by atoms with E-state index in [1.807, 2.05) is 6.92 Å². The molecular weight excluding hydrogens is 233 g/mol. The zero-order valence-corrected chi connectivity index (χ0v) is 11.2. The summed E-state index contributed by atoms with van der Waals surface area (Å²) >= 11 is 0. The van der Waals surface area contributed by atoms with Crippen LogP contribution in [0, 0.1) is 18.7 Å². The third-order valence-electron chi connectivity index (χ3n) is 2.45. The van der Waals surface area contributed by atoms with Crippen LogP contribution < -0.4 is 10.1 Å². The van der Waals surface area contributed by atoms with Crippen LogP contribution >= 0.6 is 0 Å². The fourth-order valence-electron chi connectivity index (χ4n) is 1.50. The second kappa shape index (κ2) is 7.34. The summed E-state index contributed by atoms with van der Waals surface area (Å²) in [6.07, 6.45) is -0.635. The highest BCUT2D eigenvalue weighted by Gasteiger charge is 2.08. The summed E-state index contributed by atoms with van der Waals surface area (Å²) in [6, 6.07) is 4.68. The van der Waals surface area contributed by atoms with E-state index in [1.54, 1.807) is 12.1 Å². The predicted octanol–water partition coefficient (Wildman–Crippen LogP) is 2.12. The van der Waals surface area contributed by atoms with E-state index in [4.69, 9.17) is 4.74 Å². The number of rotatable bonds is 7. The van der Waals surface area contributed by atoms with Crippen LogP contribution in [0.15, 0.2) is 18.2 Å². The first-order valence-electron chi connectivity index (χ1n) is 6.26. The van der Waals surface area contributed by atoms with Crippen LogP contribution in [0.4, 0.5) is 4.39 Å². The van der Waals surface area contributed by atoms with E-state index in [1.165, 1.54) is 6.07 Å². The highest BCUT2D eigenvalue weighted by atomic mass is 19.1. The van der Waals surface area contributed by atoms with Gasteiger partial charge in [0.1, 0.15) is 12.7 Å². The van der Waals surface area contributed by atoms with Crippen LogP contribution in [0.3, 0.4) is 0 Å². The molecule has 0 saturated carbocycles.